The van der Waals surface area contributed by atoms with Gasteiger partial charge in [0.25, 0.3) is 0 Å². The summed E-state index contributed by atoms with van der Waals surface area (Å²) in [4.78, 5) is 20.0. The van der Waals surface area contributed by atoms with Crippen molar-refractivity contribution in [1.29, 1.82) is 0 Å². The van der Waals surface area contributed by atoms with Gasteiger partial charge < -0.3 is 10.4 Å². The highest BCUT2D eigenvalue weighted by Crippen LogP contribution is 2.35. The van der Waals surface area contributed by atoms with Crippen LogP contribution in [0.5, 0.6) is 0 Å². The number of fused-ring (bicyclic) bond motifs is 3. The Kier molecular flexibility index (Phi) is 4.12. The van der Waals surface area contributed by atoms with Crippen molar-refractivity contribution in [2.24, 2.45) is 0 Å². The summed E-state index contributed by atoms with van der Waals surface area (Å²) in [5.74, 6) is -0.924. The largest absolute Gasteiger partial charge is 0.478 e. The number of nitrogens with one attached hydrogen (secondary N) is 1. The van der Waals surface area contributed by atoms with Crippen LogP contribution in [0.4, 0.5) is 15.9 Å². The van der Waals surface area contributed by atoms with Crippen molar-refractivity contribution in [3.05, 3.63) is 70.8 Å². The number of halogens is 2. The topological polar surface area (TPSA) is 75.1 Å². The van der Waals surface area contributed by atoms with Gasteiger partial charge in [-0.2, -0.15) is 0 Å². The van der Waals surface area contributed by atoms with Crippen LogP contribution in [0.1, 0.15) is 15.9 Å². The Morgan fingerprint density at radius 2 is 1.96 bits per heavy atom. The number of aromatic carboxylic acids is 1. The molecular weight excluding hydrogens is 369 g/mol. The summed E-state index contributed by atoms with van der Waals surface area (Å²) in [7, 11) is 0. The lowest BCUT2D eigenvalue weighted by molar-refractivity contribution is 0.0697. The highest BCUT2D eigenvalue weighted by molar-refractivity contribution is 6.37. The maximum Gasteiger partial charge on any atom is 0.335 e. The van der Waals surface area contributed by atoms with Crippen molar-refractivity contribution in [1.82, 2.24) is 9.97 Å². The first-order valence-electron chi connectivity index (χ1n) is 8.08. The molecule has 0 aliphatic carbocycles. The number of hydrogen-bond donors (Lipinski definition) is 2. The van der Waals surface area contributed by atoms with E-state index in [4.69, 9.17) is 11.6 Å². The summed E-state index contributed by atoms with van der Waals surface area (Å²) in [5, 5.41) is 14.5. The van der Waals surface area contributed by atoms with E-state index in [9.17, 15) is 14.3 Å². The standard InChI is InChI=1S/C20H13ClFN3O2/c1-10-2-3-11(20(26)27)8-16(10)25-19-13-6-7-23-18(21)17(13)14-9-12(22)4-5-15(14)24-19/h2-9H,1H3,(H,24,25)(H,26,27). The predicted molar refractivity (Wildman–Crippen MR) is 103 cm³/mol. The second-order valence-corrected chi connectivity index (χ2v) is 6.46. The Bertz CT molecular complexity index is 1230. The summed E-state index contributed by atoms with van der Waals surface area (Å²) >= 11 is 6.29. The van der Waals surface area contributed by atoms with Crippen LogP contribution in [0, 0.1) is 12.7 Å². The highest BCUT2D eigenvalue weighted by atomic mass is 35.5. The molecule has 4 rings (SSSR count). The molecule has 2 heterocycles. The second kappa shape index (κ2) is 6.48. The van der Waals surface area contributed by atoms with E-state index in [1.54, 1.807) is 36.5 Å². The molecule has 0 saturated heterocycles. The Hall–Kier alpha value is -3.25. The molecule has 0 saturated carbocycles. The average molecular weight is 382 g/mol. The Labute approximate surface area is 158 Å². The van der Waals surface area contributed by atoms with E-state index in [1.807, 2.05) is 6.92 Å². The quantitative estimate of drug-likeness (QED) is 0.371. The number of hydrogen-bond acceptors (Lipinski definition) is 4. The minimum Gasteiger partial charge on any atom is -0.478 e. The van der Waals surface area contributed by atoms with Gasteiger partial charge in [-0.05, 0) is 48.9 Å². The highest BCUT2D eigenvalue weighted by Gasteiger charge is 2.14. The molecule has 0 fully saturated rings. The first kappa shape index (κ1) is 17.2. The number of rotatable bonds is 3. The zero-order valence-electron chi connectivity index (χ0n) is 14.1. The van der Waals surface area contributed by atoms with Crippen molar-refractivity contribution in [2.75, 3.05) is 5.32 Å². The predicted octanol–water partition coefficient (Wildman–Crippen LogP) is 5.33. The van der Waals surface area contributed by atoms with Crippen LogP contribution in [-0.4, -0.2) is 21.0 Å². The van der Waals surface area contributed by atoms with Crippen LogP contribution in [0.3, 0.4) is 0 Å². The molecule has 134 valence electrons. The third kappa shape index (κ3) is 3.04. The summed E-state index contributed by atoms with van der Waals surface area (Å²) in [6, 6.07) is 10.8. The van der Waals surface area contributed by atoms with Crippen LogP contribution < -0.4 is 5.32 Å². The molecule has 0 radical (unpaired) electrons. The molecule has 4 aromatic rings. The fourth-order valence-electron chi connectivity index (χ4n) is 2.99. The normalized spacial score (nSPS) is 11.1. The number of anilines is 2. The summed E-state index contributed by atoms with van der Waals surface area (Å²) in [5.41, 5.74) is 2.18. The van der Waals surface area contributed by atoms with E-state index in [0.717, 1.165) is 5.56 Å². The van der Waals surface area contributed by atoms with Crippen LogP contribution in [0.15, 0.2) is 48.7 Å². The smallest absolute Gasteiger partial charge is 0.335 e. The third-order valence-electron chi connectivity index (χ3n) is 4.36. The molecule has 0 spiro atoms. The second-order valence-electron chi connectivity index (χ2n) is 6.11. The van der Waals surface area contributed by atoms with Crippen molar-refractivity contribution < 1.29 is 14.3 Å². The van der Waals surface area contributed by atoms with Gasteiger partial charge in [-0.1, -0.05) is 17.7 Å². The van der Waals surface area contributed by atoms with E-state index in [0.29, 0.717) is 33.2 Å². The third-order valence-corrected chi connectivity index (χ3v) is 4.64. The molecule has 0 atom stereocenters. The Morgan fingerprint density at radius 3 is 2.74 bits per heavy atom. The molecule has 0 bridgehead atoms. The number of pyridine rings is 2. The zero-order valence-corrected chi connectivity index (χ0v) is 14.9. The van der Waals surface area contributed by atoms with E-state index in [1.165, 1.54) is 12.1 Å². The molecule has 0 aliphatic heterocycles. The van der Waals surface area contributed by atoms with E-state index in [2.05, 4.69) is 15.3 Å². The van der Waals surface area contributed by atoms with Gasteiger partial charge in [0.2, 0.25) is 0 Å². The van der Waals surface area contributed by atoms with Gasteiger partial charge in [0, 0.05) is 28.0 Å². The van der Waals surface area contributed by atoms with Gasteiger partial charge >= 0.3 is 5.97 Å². The van der Waals surface area contributed by atoms with Gasteiger partial charge in [-0.25, -0.2) is 19.2 Å². The first-order valence-corrected chi connectivity index (χ1v) is 8.46. The molecule has 0 unspecified atom stereocenters. The number of nitrogens with zero attached hydrogens (tertiary/aromatic N) is 2. The molecule has 0 aliphatic rings. The first-order chi connectivity index (χ1) is 12.9. The van der Waals surface area contributed by atoms with Gasteiger partial charge in [0.05, 0.1) is 11.1 Å². The van der Waals surface area contributed by atoms with Crippen molar-refractivity contribution in [3.8, 4) is 0 Å². The minimum absolute atomic E-state index is 0.162. The fraction of sp³-hybridized carbons (Fsp3) is 0.0500. The zero-order chi connectivity index (χ0) is 19.1. The molecular formula is C20H13ClFN3O2. The average Bonchev–Trinajstić information content (AvgIpc) is 2.64. The maximum atomic E-state index is 13.8. The number of aryl methyl sites for hydroxylation is 1. The van der Waals surface area contributed by atoms with Gasteiger partial charge in [0.15, 0.2) is 0 Å². The molecule has 2 aromatic heterocycles. The van der Waals surface area contributed by atoms with Crippen LogP contribution in [0.25, 0.3) is 21.7 Å². The molecule has 2 aromatic carbocycles. The summed E-state index contributed by atoms with van der Waals surface area (Å²) < 4.78 is 13.8. The number of carbonyl (C=O) groups is 1. The molecule has 27 heavy (non-hydrogen) atoms. The van der Waals surface area contributed by atoms with Crippen molar-refractivity contribution >= 4 is 50.8 Å². The molecule has 2 N–H and O–H groups in total. The SMILES string of the molecule is Cc1ccc(C(=O)O)cc1Nc1nc2ccc(F)cc2c2c(Cl)nccc12. The van der Waals surface area contributed by atoms with Crippen LogP contribution in [-0.2, 0) is 0 Å². The Morgan fingerprint density at radius 1 is 1.15 bits per heavy atom. The summed E-state index contributed by atoms with van der Waals surface area (Å²) in [6.07, 6.45) is 1.54. The molecule has 7 heteroatoms. The van der Waals surface area contributed by atoms with Gasteiger partial charge in [-0.3, -0.25) is 0 Å². The number of carboxylic acid groups (broad SMARTS) is 1. The minimum atomic E-state index is -1.02. The molecule has 5 nitrogen and oxygen atoms in total. The van der Waals surface area contributed by atoms with Crippen LogP contribution >= 0.6 is 11.6 Å². The van der Waals surface area contributed by atoms with Gasteiger partial charge in [0.1, 0.15) is 16.8 Å². The monoisotopic (exact) mass is 381 g/mol. The van der Waals surface area contributed by atoms with E-state index >= 15 is 0 Å². The lowest BCUT2D eigenvalue weighted by Crippen LogP contribution is -2.02. The lowest BCUT2D eigenvalue weighted by Gasteiger charge is -2.14. The maximum absolute atomic E-state index is 13.8. The van der Waals surface area contributed by atoms with E-state index in [-0.39, 0.29) is 10.7 Å². The number of benzene rings is 2. The Balaban J connectivity index is 1.97. The van der Waals surface area contributed by atoms with E-state index < -0.39 is 11.8 Å². The van der Waals surface area contributed by atoms with Crippen LogP contribution in [0.2, 0.25) is 5.15 Å². The molecule has 0 amide bonds. The fourth-order valence-corrected chi connectivity index (χ4v) is 3.25. The van der Waals surface area contributed by atoms with Crippen molar-refractivity contribution in [3.63, 3.8) is 0 Å². The van der Waals surface area contributed by atoms with Crippen molar-refractivity contribution in [2.45, 2.75) is 6.92 Å². The van der Waals surface area contributed by atoms with Gasteiger partial charge in [-0.15, -0.1) is 0 Å². The summed E-state index contributed by atoms with van der Waals surface area (Å²) in [6.45, 7) is 1.86. The number of aromatic nitrogens is 2. The lowest BCUT2D eigenvalue weighted by atomic mass is 10.1. The number of carboxylic acids is 1.